The van der Waals surface area contributed by atoms with Gasteiger partial charge in [0.1, 0.15) is 0 Å². The van der Waals surface area contributed by atoms with Crippen LogP contribution in [0.15, 0.2) is 194 Å². The summed E-state index contributed by atoms with van der Waals surface area (Å²) >= 11 is 0. The zero-order chi connectivity index (χ0) is 36.7. The molecule has 0 aliphatic heterocycles. The molecule has 0 fully saturated rings. The van der Waals surface area contributed by atoms with E-state index in [0.29, 0.717) is 0 Å². The molecule has 262 valence electrons. The van der Waals surface area contributed by atoms with Crippen LogP contribution in [-0.4, -0.2) is 9.13 Å². The zero-order valence-electron chi connectivity index (χ0n) is 30.8. The summed E-state index contributed by atoms with van der Waals surface area (Å²) < 4.78 is 4.93. The average Bonchev–Trinajstić information content (AvgIpc) is 3.79. The molecule has 0 radical (unpaired) electrons. The molecule has 12 rings (SSSR count). The third kappa shape index (κ3) is 4.56. The van der Waals surface area contributed by atoms with Crippen LogP contribution in [0.3, 0.4) is 0 Å². The Balaban J connectivity index is 1.18. The number of fused-ring (bicyclic) bond motifs is 13. The summed E-state index contributed by atoms with van der Waals surface area (Å²) in [5, 5.41) is 12.8. The third-order valence-electron chi connectivity index (χ3n) is 12.1. The van der Waals surface area contributed by atoms with Crippen molar-refractivity contribution in [1.82, 2.24) is 9.13 Å². The quantitative estimate of drug-likeness (QED) is 0.161. The Morgan fingerprint density at radius 3 is 1.84 bits per heavy atom. The molecule has 0 N–H and O–H groups in total. The lowest BCUT2D eigenvalue weighted by Gasteiger charge is -2.14. The van der Waals surface area contributed by atoms with Gasteiger partial charge in [-0.05, 0) is 105 Å². The van der Waals surface area contributed by atoms with Gasteiger partial charge in [0.25, 0.3) is 0 Å². The van der Waals surface area contributed by atoms with Crippen molar-refractivity contribution in [3.05, 3.63) is 200 Å². The van der Waals surface area contributed by atoms with Gasteiger partial charge < -0.3 is 9.13 Å². The van der Waals surface area contributed by atoms with Gasteiger partial charge in [-0.1, -0.05) is 146 Å². The summed E-state index contributed by atoms with van der Waals surface area (Å²) in [4.78, 5) is 0. The molecule has 56 heavy (non-hydrogen) atoms. The number of rotatable bonds is 4. The average molecular weight is 713 g/mol. The van der Waals surface area contributed by atoms with Crippen LogP contribution < -0.4 is 0 Å². The van der Waals surface area contributed by atoms with Gasteiger partial charge in [0.15, 0.2) is 0 Å². The van der Waals surface area contributed by atoms with Crippen LogP contribution >= 0.6 is 0 Å². The second kappa shape index (κ2) is 12.2. The first kappa shape index (κ1) is 31.2. The van der Waals surface area contributed by atoms with Gasteiger partial charge in [0.2, 0.25) is 0 Å². The highest BCUT2D eigenvalue weighted by molar-refractivity contribution is 6.37. The van der Waals surface area contributed by atoms with Crippen molar-refractivity contribution in [2.45, 2.75) is 12.8 Å². The van der Waals surface area contributed by atoms with Gasteiger partial charge in [-0.15, -0.1) is 0 Å². The fraction of sp³-hybridized carbons (Fsp3) is 0.0370. The molecule has 0 bridgehead atoms. The Labute approximate surface area is 324 Å². The molecule has 9 aromatic carbocycles. The molecule has 2 aromatic heterocycles. The predicted molar refractivity (Wildman–Crippen MR) is 239 cm³/mol. The SMILES string of the molecule is C1=CC(c2ccc(-n3c4ccc(-c5ccc6c7ccccc7n(-c7ccccc7)c6c5)cc4c4c5c6ccccc6ccc5c5ccccc5c43)cc2)=CCC1. The molecule has 0 saturated carbocycles. The Bertz CT molecular complexity index is 3450. The van der Waals surface area contributed by atoms with Gasteiger partial charge in [0.05, 0.1) is 22.1 Å². The number of hydrogen-bond acceptors (Lipinski definition) is 0. The van der Waals surface area contributed by atoms with E-state index in [9.17, 15) is 0 Å². The first-order valence-electron chi connectivity index (χ1n) is 19.7. The molecule has 2 heterocycles. The van der Waals surface area contributed by atoms with E-state index < -0.39 is 0 Å². The number of allylic oxidation sites excluding steroid dienone is 4. The summed E-state index contributed by atoms with van der Waals surface area (Å²) in [5.41, 5.74) is 12.2. The van der Waals surface area contributed by atoms with Crippen molar-refractivity contribution in [3.8, 4) is 22.5 Å². The Morgan fingerprint density at radius 2 is 1.00 bits per heavy atom. The standard InChI is InChI=1S/C54H36N2/c1-3-13-35(14-4-1)36-23-28-41(29-24-36)56-50-32-27-38(39-26-30-45-44-20-11-12-22-49(44)55(51(45)34-39)40-16-5-2-6-17-40)33-48(50)53-52-42-18-8-7-15-37(42)25-31-46(52)43-19-9-10-21-47(43)54(53)56/h2-3,5-34H,1,4H2. The van der Waals surface area contributed by atoms with E-state index in [1.165, 1.54) is 110 Å². The molecule has 0 spiro atoms. The fourth-order valence-corrected chi connectivity index (χ4v) is 9.57. The highest BCUT2D eigenvalue weighted by atomic mass is 15.0. The van der Waals surface area contributed by atoms with E-state index in [1.54, 1.807) is 0 Å². The number of benzene rings is 9. The van der Waals surface area contributed by atoms with Crippen molar-refractivity contribution >= 4 is 81.5 Å². The maximum absolute atomic E-state index is 2.52. The van der Waals surface area contributed by atoms with Crippen LogP contribution in [-0.2, 0) is 0 Å². The van der Waals surface area contributed by atoms with Crippen molar-refractivity contribution in [3.63, 3.8) is 0 Å². The molecule has 2 nitrogen and oxygen atoms in total. The van der Waals surface area contributed by atoms with Crippen LogP contribution in [0.25, 0.3) is 104 Å². The first-order valence-corrected chi connectivity index (χ1v) is 19.7. The van der Waals surface area contributed by atoms with E-state index in [4.69, 9.17) is 0 Å². The lowest BCUT2D eigenvalue weighted by molar-refractivity contribution is 1.04. The smallest absolute Gasteiger partial charge is 0.0626 e. The molecule has 1 aliphatic carbocycles. The lowest BCUT2D eigenvalue weighted by Crippen LogP contribution is -1.96. The van der Waals surface area contributed by atoms with Gasteiger partial charge in [-0.25, -0.2) is 0 Å². The van der Waals surface area contributed by atoms with Gasteiger partial charge in [-0.2, -0.15) is 0 Å². The van der Waals surface area contributed by atoms with Crippen LogP contribution in [0.4, 0.5) is 0 Å². The van der Waals surface area contributed by atoms with E-state index in [1.807, 2.05) is 0 Å². The zero-order valence-corrected chi connectivity index (χ0v) is 30.8. The topological polar surface area (TPSA) is 9.86 Å². The van der Waals surface area contributed by atoms with Crippen molar-refractivity contribution < 1.29 is 0 Å². The largest absolute Gasteiger partial charge is 0.309 e. The van der Waals surface area contributed by atoms with Crippen molar-refractivity contribution in [2.24, 2.45) is 0 Å². The summed E-state index contributed by atoms with van der Waals surface area (Å²) in [6, 6.07) is 65.3. The molecule has 1 aliphatic rings. The van der Waals surface area contributed by atoms with Crippen LogP contribution in [0.1, 0.15) is 18.4 Å². The summed E-state index contributed by atoms with van der Waals surface area (Å²) in [5.74, 6) is 0. The maximum Gasteiger partial charge on any atom is 0.0626 e. The van der Waals surface area contributed by atoms with E-state index >= 15 is 0 Å². The summed E-state index contributed by atoms with van der Waals surface area (Å²) in [6.07, 6.45) is 9.12. The van der Waals surface area contributed by atoms with E-state index in [2.05, 4.69) is 203 Å². The summed E-state index contributed by atoms with van der Waals surface area (Å²) in [7, 11) is 0. The Morgan fingerprint density at radius 1 is 0.357 bits per heavy atom. The molecular weight excluding hydrogens is 677 g/mol. The second-order valence-electron chi connectivity index (χ2n) is 15.2. The minimum absolute atomic E-state index is 1.09. The van der Waals surface area contributed by atoms with Crippen molar-refractivity contribution in [2.75, 3.05) is 0 Å². The minimum atomic E-state index is 1.09. The van der Waals surface area contributed by atoms with Crippen molar-refractivity contribution in [1.29, 1.82) is 0 Å². The molecule has 2 heteroatoms. The van der Waals surface area contributed by atoms with Gasteiger partial charge in [-0.3, -0.25) is 0 Å². The minimum Gasteiger partial charge on any atom is -0.309 e. The predicted octanol–water partition coefficient (Wildman–Crippen LogP) is 14.7. The monoisotopic (exact) mass is 712 g/mol. The van der Waals surface area contributed by atoms with Crippen LogP contribution in [0.2, 0.25) is 0 Å². The molecule has 0 atom stereocenters. The Kier molecular flexibility index (Phi) is 6.79. The number of nitrogens with zero attached hydrogens (tertiary/aromatic N) is 2. The lowest BCUT2D eigenvalue weighted by atomic mass is 9.92. The fourth-order valence-electron chi connectivity index (χ4n) is 9.57. The van der Waals surface area contributed by atoms with Crippen LogP contribution in [0.5, 0.6) is 0 Å². The molecule has 0 amide bonds. The number of hydrogen-bond donors (Lipinski definition) is 0. The second-order valence-corrected chi connectivity index (χ2v) is 15.2. The van der Waals surface area contributed by atoms with E-state index in [0.717, 1.165) is 12.8 Å². The van der Waals surface area contributed by atoms with Gasteiger partial charge in [0, 0.05) is 43.7 Å². The third-order valence-corrected chi connectivity index (χ3v) is 12.1. The Hall–Kier alpha value is -7.16. The summed E-state index contributed by atoms with van der Waals surface area (Å²) in [6.45, 7) is 0. The number of para-hydroxylation sites is 2. The molecule has 0 unspecified atom stereocenters. The first-order chi connectivity index (χ1) is 27.8. The molecule has 0 saturated heterocycles. The number of aromatic nitrogens is 2. The van der Waals surface area contributed by atoms with E-state index in [-0.39, 0.29) is 0 Å². The maximum atomic E-state index is 2.52. The van der Waals surface area contributed by atoms with Crippen LogP contribution in [0, 0.1) is 0 Å². The highest BCUT2D eigenvalue weighted by Crippen LogP contribution is 2.46. The highest BCUT2D eigenvalue weighted by Gasteiger charge is 2.22. The van der Waals surface area contributed by atoms with Gasteiger partial charge >= 0.3 is 0 Å². The molecular formula is C54H36N2. The normalized spacial score (nSPS) is 13.2. The molecule has 11 aromatic rings.